The van der Waals surface area contributed by atoms with E-state index in [1.54, 1.807) is 63.5 Å². The van der Waals surface area contributed by atoms with Crippen LogP contribution in [0.4, 0.5) is 23.9 Å². The van der Waals surface area contributed by atoms with E-state index >= 15 is 0 Å². The molecule has 3 heterocycles. The van der Waals surface area contributed by atoms with Crippen molar-refractivity contribution >= 4 is 17.9 Å². The van der Waals surface area contributed by atoms with Gasteiger partial charge < -0.3 is 24.0 Å². The van der Waals surface area contributed by atoms with Crippen LogP contribution in [0.1, 0.15) is 45.6 Å². The highest BCUT2D eigenvalue weighted by Gasteiger charge is 2.52. The Bertz CT molecular complexity index is 1180. The normalized spacial score (nSPS) is 21.5. The van der Waals surface area contributed by atoms with Gasteiger partial charge in [-0.1, -0.05) is 12.1 Å². The second-order valence-corrected chi connectivity index (χ2v) is 10.9. The number of rotatable bonds is 9. The lowest BCUT2D eigenvalue weighted by Gasteiger charge is -2.37. The van der Waals surface area contributed by atoms with Crippen molar-refractivity contribution in [3.8, 4) is 5.75 Å². The number of likely N-dealkylation sites (tertiary alicyclic amines) is 1. The Balaban J connectivity index is 1.55. The van der Waals surface area contributed by atoms with Crippen LogP contribution in [0.5, 0.6) is 5.75 Å². The molecule has 0 radical (unpaired) electrons. The number of aromatic nitrogens is 2. The maximum atomic E-state index is 13.9. The van der Waals surface area contributed by atoms with Crippen molar-refractivity contribution in [2.75, 3.05) is 31.7 Å². The average molecular weight is 594 g/mol. The van der Waals surface area contributed by atoms with Crippen LogP contribution in [0.15, 0.2) is 42.7 Å². The van der Waals surface area contributed by atoms with Crippen molar-refractivity contribution in [2.45, 2.75) is 83.1 Å². The first-order valence-electron chi connectivity index (χ1n) is 14.1. The highest BCUT2D eigenvalue weighted by Crippen LogP contribution is 2.34. The molecule has 13 heteroatoms. The number of nitrogens with zero attached hydrogens (tertiary/aromatic N) is 5. The van der Waals surface area contributed by atoms with Gasteiger partial charge in [0.25, 0.3) is 0 Å². The summed E-state index contributed by atoms with van der Waals surface area (Å²) in [5, 5.41) is 0. The molecule has 1 aromatic carbocycles. The molecule has 2 amide bonds. The third-order valence-corrected chi connectivity index (χ3v) is 7.60. The first kappa shape index (κ1) is 31.3. The number of benzene rings is 1. The van der Waals surface area contributed by atoms with E-state index in [1.807, 2.05) is 4.90 Å². The van der Waals surface area contributed by atoms with E-state index in [1.165, 1.54) is 12.0 Å². The monoisotopic (exact) mass is 593 g/mol. The highest BCUT2D eigenvalue weighted by atomic mass is 19.4. The van der Waals surface area contributed by atoms with Gasteiger partial charge in [-0.05, 0) is 63.8 Å². The van der Waals surface area contributed by atoms with E-state index < -0.39 is 42.4 Å². The molecule has 0 saturated carbocycles. The van der Waals surface area contributed by atoms with E-state index in [2.05, 4.69) is 9.97 Å². The SMILES string of the molecule is COc1ccc(CN(C(=O)C(F)(F)F)[C@H]2CC(C)N(C(=O)OC(C)C)[C@H]2COC2CCN(c3ncccn3)CC2)cc1. The molecule has 2 aliphatic rings. The van der Waals surface area contributed by atoms with Crippen molar-refractivity contribution in [3.05, 3.63) is 48.3 Å². The van der Waals surface area contributed by atoms with Crippen LogP contribution in [0.2, 0.25) is 0 Å². The lowest BCUT2D eigenvalue weighted by Crippen LogP contribution is -2.54. The smallest absolute Gasteiger partial charge is 0.471 e. The molecule has 10 nitrogen and oxygen atoms in total. The largest absolute Gasteiger partial charge is 0.497 e. The van der Waals surface area contributed by atoms with Gasteiger partial charge >= 0.3 is 18.2 Å². The number of amides is 2. The first-order chi connectivity index (χ1) is 20.0. The van der Waals surface area contributed by atoms with Gasteiger partial charge in [0.05, 0.1) is 38.0 Å². The van der Waals surface area contributed by atoms with Crippen molar-refractivity contribution < 1.29 is 37.0 Å². The van der Waals surface area contributed by atoms with Crippen LogP contribution >= 0.6 is 0 Å². The van der Waals surface area contributed by atoms with E-state index in [0.717, 1.165) is 4.90 Å². The molecular weight excluding hydrogens is 555 g/mol. The number of carbonyl (C=O) groups excluding carboxylic acids is 2. The molecule has 3 atom stereocenters. The Hall–Kier alpha value is -3.61. The minimum absolute atomic E-state index is 0.0427. The van der Waals surface area contributed by atoms with Crippen LogP contribution in [-0.2, 0) is 20.8 Å². The van der Waals surface area contributed by atoms with E-state index in [9.17, 15) is 22.8 Å². The second-order valence-electron chi connectivity index (χ2n) is 10.9. The summed E-state index contributed by atoms with van der Waals surface area (Å²) in [6.45, 7) is 6.11. The van der Waals surface area contributed by atoms with E-state index in [0.29, 0.717) is 43.2 Å². The average Bonchev–Trinajstić information content (AvgIpc) is 3.30. The summed E-state index contributed by atoms with van der Waals surface area (Å²) in [6.07, 6.45) is -1.55. The molecular formula is C29H38F3N5O5. The summed E-state index contributed by atoms with van der Waals surface area (Å²) in [5.74, 6) is -0.792. The van der Waals surface area contributed by atoms with Crippen molar-refractivity contribution in [1.29, 1.82) is 0 Å². The van der Waals surface area contributed by atoms with Gasteiger partial charge in [0.15, 0.2) is 0 Å². The number of alkyl halides is 3. The van der Waals surface area contributed by atoms with Gasteiger partial charge in [-0.15, -0.1) is 0 Å². The maximum Gasteiger partial charge on any atom is 0.471 e. The molecule has 230 valence electrons. The Morgan fingerprint density at radius 2 is 1.74 bits per heavy atom. The molecule has 2 fully saturated rings. The Morgan fingerprint density at radius 1 is 1.10 bits per heavy atom. The zero-order chi connectivity index (χ0) is 30.4. The molecule has 4 rings (SSSR count). The van der Waals surface area contributed by atoms with Crippen molar-refractivity contribution in [3.63, 3.8) is 0 Å². The van der Waals surface area contributed by atoms with Crippen LogP contribution in [0.3, 0.4) is 0 Å². The summed E-state index contributed by atoms with van der Waals surface area (Å²) < 4.78 is 58.6. The van der Waals surface area contributed by atoms with Crippen LogP contribution in [0.25, 0.3) is 0 Å². The lowest BCUT2D eigenvalue weighted by atomic mass is 10.0. The van der Waals surface area contributed by atoms with E-state index in [-0.39, 0.29) is 25.7 Å². The molecule has 1 aromatic heterocycles. The number of piperidine rings is 1. The number of halogens is 3. The van der Waals surface area contributed by atoms with Gasteiger partial charge in [-0.3, -0.25) is 9.69 Å². The predicted octanol–water partition coefficient (Wildman–Crippen LogP) is 4.44. The molecule has 0 N–H and O–H groups in total. The van der Waals surface area contributed by atoms with E-state index in [4.69, 9.17) is 14.2 Å². The Morgan fingerprint density at radius 3 is 2.31 bits per heavy atom. The van der Waals surface area contributed by atoms with Gasteiger partial charge in [-0.2, -0.15) is 13.2 Å². The molecule has 0 spiro atoms. The maximum absolute atomic E-state index is 13.9. The summed E-state index contributed by atoms with van der Waals surface area (Å²) in [7, 11) is 1.49. The third-order valence-electron chi connectivity index (χ3n) is 7.60. The fourth-order valence-corrected chi connectivity index (χ4v) is 5.58. The third kappa shape index (κ3) is 7.61. The fraction of sp³-hybridized carbons (Fsp3) is 0.586. The number of methoxy groups -OCH3 is 1. The standard InChI is InChI=1S/C29H38F3N5O5/c1-19(2)42-28(39)37-20(3)16-24(36(26(38)29(30,31)32)17-21-6-8-22(40-4)9-7-21)25(37)18-41-23-10-14-35(15-11-23)27-33-12-5-13-34-27/h5-9,12-13,19-20,23-25H,10-11,14-18H2,1-4H3/t20?,24-,25-/m0/s1. The van der Waals surface area contributed by atoms with Gasteiger partial charge in [-0.25, -0.2) is 14.8 Å². The lowest BCUT2D eigenvalue weighted by molar-refractivity contribution is -0.189. The Labute approximate surface area is 243 Å². The van der Waals surface area contributed by atoms with Crippen LogP contribution < -0.4 is 9.64 Å². The number of hydrogen-bond donors (Lipinski definition) is 0. The topological polar surface area (TPSA) is 97.3 Å². The van der Waals surface area contributed by atoms with Gasteiger partial charge in [0, 0.05) is 38.1 Å². The molecule has 0 aliphatic carbocycles. The zero-order valence-electron chi connectivity index (χ0n) is 24.3. The summed E-state index contributed by atoms with van der Waals surface area (Å²) in [5.41, 5.74) is 0.499. The van der Waals surface area contributed by atoms with Crippen LogP contribution in [0, 0.1) is 0 Å². The molecule has 2 saturated heterocycles. The van der Waals surface area contributed by atoms with Crippen molar-refractivity contribution in [1.82, 2.24) is 19.8 Å². The second kappa shape index (κ2) is 13.6. The zero-order valence-corrected chi connectivity index (χ0v) is 24.3. The predicted molar refractivity (Wildman–Crippen MR) is 148 cm³/mol. The summed E-state index contributed by atoms with van der Waals surface area (Å²) >= 11 is 0. The first-order valence-corrected chi connectivity index (χ1v) is 14.1. The van der Waals surface area contributed by atoms with Gasteiger partial charge in [0.2, 0.25) is 5.95 Å². The fourth-order valence-electron chi connectivity index (χ4n) is 5.58. The highest BCUT2D eigenvalue weighted by molar-refractivity contribution is 5.82. The van der Waals surface area contributed by atoms with Crippen molar-refractivity contribution in [2.24, 2.45) is 0 Å². The van der Waals surface area contributed by atoms with Crippen LogP contribution in [-0.4, -0.2) is 95.1 Å². The number of carbonyl (C=O) groups is 2. The molecule has 1 unspecified atom stereocenters. The minimum atomic E-state index is -5.10. The molecule has 2 aromatic rings. The minimum Gasteiger partial charge on any atom is -0.497 e. The number of anilines is 1. The molecule has 42 heavy (non-hydrogen) atoms. The number of hydrogen-bond acceptors (Lipinski definition) is 8. The quantitative estimate of drug-likeness (QED) is 0.421. The molecule has 0 bridgehead atoms. The summed E-state index contributed by atoms with van der Waals surface area (Å²) in [6, 6.07) is 5.97. The Kier molecular flexibility index (Phi) is 10.1. The summed E-state index contributed by atoms with van der Waals surface area (Å²) in [4.78, 5) is 38.9. The molecule has 2 aliphatic heterocycles. The van der Waals surface area contributed by atoms with Gasteiger partial charge in [0.1, 0.15) is 5.75 Å². The number of ether oxygens (including phenoxy) is 3.